The number of aromatic amines is 1. The lowest BCUT2D eigenvalue weighted by Crippen LogP contribution is -2.31. The Bertz CT molecular complexity index is 544. The molecule has 1 aromatic carbocycles. The van der Waals surface area contributed by atoms with Gasteiger partial charge in [-0.15, -0.1) is 0 Å². The summed E-state index contributed by atoms with van der Waals surface area (Å²) in [4.78, 5) is 3.36. The maximum atomic E-state index is 5.42. The van der Waals surface area contributed by atoms with Gasteiger partial charge in [0, 0.05) is 17.6 Å². The van der Waals surface area contributed by atoms with Gasteiger partial charge in [0.25, 0.3) is 0 Å². The van der Waals surface area contributed by atoms with Crippen molar-refractivity contribution >= 4 is 10.9 Å². The molecule has 0 spiro atoms. The molecule has 0 radical (unpaired) electrons. The average Bonchev–Trinajstić information content (AvgIpc) is 2.72. The molecule has 2 heterocycles. The Balaban J connectivity index is 2.24. The van der Waals surface area contributed by atoms with Crippen LogP contribution in [0, 0.1) is 0 Å². The van der Waals surface area contributed by atoms with Crippen LogP contribution in [0.15, 0.2) is 18.3 Å². The highest BCUT2D eigenvalue weighted by atomic mass is 16.5. The predicted molar refractivity (Wildman–Crippen MR) is 69.7 cm³/mol. The molecular formula is C14H18N2O. The van der Waals surface area contributed by atoms with Gasteiger partial charge in [-0.3, -0.25) is 0 Å². The van der Waals surface area contributed by atoms with E-state index in [1.807, 2.05) is 0 Å². The first-order valence-electron chi connectivity index (χ1n) is 6.19. The summed E-state index contributed by atoms with van der Waals surface area (Å²) in [5.41, 5.74) is 3.96. The summed E-state index contributed by atoms with van der Waals surface area (Å²) >= 11 is 0. The molecule has 0 saturated carbocycles. The molecular weight excluding hydrogens is 212 g/mol. The van der Waals surface area contributed by atoms with Gasteiger partial charge in [0.05, 0.1) is 12.6 Å². The van der Waals surface area contributed by atoms with Gasteiger partial charge in [-0.25, -0.2) is 0 Å². The Morgan fingerprint density at radius 3 is 3.00 bits per heavy atom. The van der Waals surface area contributed by atoms with Crippen molar-refractivity contribution in [1.82, 2.24) is 10.3 Å². The topological polar surface area (TPSA) is 37.0 Å². The zero-order valence-corrected chi connectivity index (χ0v) is 10.3. The fraction of sp³-hybridized carbons (Fsp3) is 0.429. The summed E-state index contributed by atoms with van der Waals surface area (Å²) in [5, 5.41) is 4.91. The van der Waals surface area contributed by atoms with Crippen LogP contribution in [0.3, 0.4) is 0 Å². The lowest BCUT2D eigenvalue weighted by atomic mass is 9.97. The number of H-pyrrole nitrogens is 1. The summed E-state index contributed by atoms with van der Waals surface area (Å²) in [5.74, 6) is 0.941. The van der Waals surface area contributed by atoms with Crippen LogP contribution >= 0.6 is 0 Å². The Labute approximate surface area is 101 Å². The number of hydrogen-bond acceptors (Lipinski definition) is 2. The van der Waals surface area contributed by atoms with Crippen LogP contribution in [-0.2, 0) is 12.8 Å². The van der Waals surface area contributed by atoms with E-state index in [2.05, 4.69) is 35.6 Å². The maximum absolute atomic E-state index is 5.42. The van der Waals surface area contributed by atoms with Crippen LogP contribution in [0.2, 0.25) is 0 Å². The minimum absolute atomic E-state index is 0.537. The van der Waals surface area contributed by atoms with E-state index in [1.165, 1.54) is 16.5 Å². The highest BCUT2D eigenvalue weighted by molar-refractivity contribution is 5.91. The molecule has 1 aliphatic rings. The van der Waals surface area contributed by atoms with Crippen LogP contribution < -0.4 is 10.1 Å². The molecule has 1 aliphatic heterocycles. The zero-order chi connectivity index (χ0) is 11.8. The fourth-order valence-corrected chi connectivity index (χ4v) is 2.76. The monoisotopic (exact) mass is 230 g/mol. The van der Waals surface area contributed by atoms with Gasteiger partial charge in [0.1, 0.15) is 5.75 Å². The lowest BCUT2D eigenvalue weighted by Gasteiger charge is -2.18. The first kappa shape index (κ1) is 10.7. The zero-order valence-electron chi connectivity index (χ0n) is 10.3. The highest BCUT2D eigenvalue weighted by Gasteiger charge is 2.16. The molecule has 0 saturated heterocycles. The van der Waals surface area contributed by atoms with Crippen LogP contribution in [0.5, 0.6) is 5.75 Å². The molecule has 2 aromatic rings. The van der Waals surface area contributed by atoms with Gasteiger partial charge in [-0.1, -0.05) is 6.07 Å². The van der Waals surface area contributed by atoms with Crippen molar-refractivity contribution < 1.29 is 4.74 Å². The molecule has 90 valence electrons. The van der Waals surface area contributed by atoms with E-state index < -0.39 is 0 Å². The van der Waals surface area contributed by atoms with Gasteiger partial charge in [0.2, 0.25) is 0 Å². The second-order valence-corrected chi connectivity index (χ2v) is 4.80. The summed E-state index contributed by atoms with van der Waals surface area (Å²) in [6, 6.07) is 4.79. The van der Waals surface area contributed by atoms with Gasteiger partial charge < -0.3 is 15.0 Å². The quantitative estimate of drug-likeness (QED) is 0.788. The third-order valence-corrected chi connectivity index (χ3v) is 3.60. The fourth-order valence-electron chi connectivity index (χ4n) is 2.76. The van der Waals surface area contributed by atoms with Crippen LogP contribution in [-0.4, -0.2) is 24.7 Å². The van der Waals surface area contributed by atoms with E-state index in [9.17, 15) is 0 Å². The maximum Gasteiger partial charge on any atom is 0.142 e. The number of benzene rings is 1. The van der Waals surface area contributed by atoms with Gasteiger partial charge in [-0.05, 0) is 43.5 Å². The SMILES string of the molecule is COc1ccc2c3c(c[nH]c13)CCNC(C)C2. The second kappa shape index (κ2) is 4.08. The Hall–Kier alpha value is -1.48. The van der Waals surface area contributed by atoms with Crippen LogP contribution in [0.25, 0.3) is 10.9 Å². The normalized spacial score (nSPS) is 20.0. The summed E-state index contributed by atoms with van der Waals surface area (Å²) < 4.78 is 5.42. The van der Waals surface area contributed by atoms with E-state index in [1.54, 1.807) is 7.11 Å². The minimum Gasteiger partial charge on any atom is -0.495 e. The molecule has 1 aromatic heterocycles. The molecule has 2 N–H and O–H groups in total. The van der Waals surface area contributed by atoms with Gasteiger partial charge in [-0.2, -0.15) is 0 Å². The number of rotatable bonds is 1. The van der Waals surface area contributed by atoms with Gasteiger partial charge in [0.15, 0.2) is 0 Å². The summed E-state index contributed by atoms with van der Waals surface area (Å²) in [6.07, 6.45) is 4.27. The molecule has 1 atom stereocenters. The van der Waals surface area contributed by atoms with E-state index in [4.69, 9.17) is 4.74 Å². The van der Waals surface area contributed by atoms with E-state index >= 15 is 0 Å². The predicted octanol–water partition coefficient (Wildman–Crippen LogP) is 2.25. The van der Waals surface area contributed by atoms with Crippen LogP contribution in [0.4, 0.5) is 0 Å². The first-order valence-corrected chi connectivity index (χ1v) is 6.19. The number of nitrogens with one attached hydrogen (secondary N) is 2. The molecule has 17 heavy (non-hydrogen) atoms. The first-order chi connectivity index (χ1) is 8.29. The van der Waals surface area contributed by atoms with E-state index in [0.29, 0.717) is 6.04 Å². The average molecular weight is 230 g/mol. The molecule has 3 nitrogen and oxygen atoms in total. The molecule has 0 aliphatic carbocycles. The molecule has 1 unspecified atom stereocenters. The van der Waals surface area contributed by atoms with Gasteiger partial charge >= 0.3 is 0 Å². The number of ether oxygens (including phenoxy) is 1. The lowest BCUT2D eigenvalue weighted by molar-refractivity contribution is 0.419. The third kappa shape index (κ3) is 1.71. The summed E-state index contributed by atoms with van der Waals surface area (Å²) in [6.45, 7) is 3.29. The number of hydrogen-bond donors (Lipinski definition) is 2. The smallest absolute Gasteiger partial charge is 0.142 e. The largest absolute Gasteiger partial charge is 0.495 e. The van der Waals surface area contributed by atoms with Crippen molar-refractivity contribution in [3.63, 3.8) is 0 Å². The Morgan fingerprint density at radius 2 is 2.18 bits per heavy atom. The van der Waals surface area contributed by atoms with Crippen molar-refractivity contribution in [1.29, 1.82) is 0 Å². The number of methoxy groups -OCH3 is 1. The molecule has 3 rings (SSSR count). The summed E-state index contributed by atoms with van der Waals surface area (Å²) in [7, 11) is 1.73. The molecule has 0 amide bonds. The van der Waals surface area contributed by atoms with Crippen molar-refractivity contribution in [3.8, 4) is 5.75 Å². The van der Waals surface area contributed by atoms with Crippen molar-refractivity contribution in [2.24, 2.45) is 0 Å². The molecule has 0 bridgehead atoms. The van der Waals surface area contributed by atoms with Crippen molar-refractivity contribution in [3.05, 3.63) is 29.5 Å². The Morgan fingerprint density at radius 1 is 1.29 bits per heavy atom. The minimum atomic E-state index is 0.537. The number of aromatic nitrogens is 1. The molecule has 3 heteroatoms. The van der Waals surface area contributed by atoms with Crippen molar-refractivity contribution in [2.75, 3.05) is 13.7 Å². The Kier molecular flexibility index (Phi) is 2.56. The third-order valence-electron chi connectivity index (χ3n) is 3.60. The molecule has 0 fully saturated rings. The standard InChI is InChI=1S/C14H18N2O/c1-9-7-10-3-4-12(17-2)14-13(10)11(8-16-14)5-6-15-9/h3-4,8-9,15-16H,5-7H2,1-2H3. The van der Waals surface area contributed by atoms with E-state index in [-0.39, 0.29) is 0 Å². The second-order valence-electron chi connectivity index (χ2n) is 4.80. The highest BCUT2D eigenvalue weighted by Crippen LogP contribution is 2.32. The van der Waals surface area contributed by atoms with Crippen molar-refractivity contribution in [2.45, 2.75) is 25.8 Å². The van der Waals surface area contributed by atoms with E-state index in [0.717, 1.165) is 30.7 Å². The van der Waals surface area contributed by atoms with Crippen LogP contribution in [0.1, 0.15) is 18.1 Å².